The van der Waals surface area contributed by atoms with Crippen molar-refractivity contribution in [1.29, 1.82) is 0 Å². The highest BCUT2D eigenvalue weighted by molar-refractivity contribution is 7.22. The number of aliphatic carboxylic acids is 2. The van der Waals surface area contributed by atoms with Crippen LogP contribution in [0.15, 0.2) is 49.1 Å². The molecule has 32 heavy (non-hydrogen) atoms. The summed E-state index contributed by atoms with van der Waals surface area (Å²) in [5.41, 5.74) is 1.27. The van der Waals surface area contributed by atoms with E-state index in [9.17, 15) is 9.59 Å². The number of fused-ring (bicyclic) bond motifs is 1. The number of anilines is 1. The average molecular weight is 478 g/mol. The fourth-order valence-corrected chi connectivity index (χ4v) is 4.32. The summed E-state index contributed by atoms with van der Waals surface area (Å²) in [6.45, 7) is 3.12. The molecule has 3 aromatic rings. The van der Waals surface area contributed by atoms with Crippen LogP contribution in [-0.2, 0) is 16.1 Å². The van der Waals surface area contributed by atoms with Gasteiger partial charge in [-0.3, -0.25) is 9.88 Å². The maximum atomic E-state index is 9.55. The van der Waals surface area contributed by atoms with Crippen LogP contribution < -0.4 is 5.32 Å². The minimum Gasteiger partial charge on any atom is -0.478 e. The SMILES string of the molecule is Clc1cc2c(NC3CCN(Cc4cccnc4)CC3)ncnc2s1.O=C(O)/C=C\C(=O)O.[HH]. The second kappa shape index (κ2) is 11.5. The van der Waals surface area contributed by atoms with Gasteiger partial charge in [0.2, 0.25) is 0 Å². The summed E-state index contributed by atoms with van der Waals surface area (Å²) in [4.78, 5) is 35.4. The first-order valence-corrected chi connectivity index (χ1v) is 11.0. The molecule has 0 atom stereocenters. The van der Waals surface area contributed by atoms with Crippen LogP contribution in [0.4, 0.5) is 5.82 Å². The number of thiophene rings is 1. The molecule has 0 aromatic carbocycles. The van der Waals surface area contributed by atoms with Crippen LogP contribution in [0.3, 0.4) is 0 Å². The molecule has 4 rings (SSSR count). The van der Waals surface area contributed by atoms with Gasteiger partial charge in [-0.2, -0.15) is 0 Å². The lowest BCUT2D eigenvalue weighted by Gasteiger charge is -2.32. The summed E-state index contributed by atoms with van der Waals surface area (Å²) in [7, 11) is 0. The molecule has 0 unspecified atom stereocenters. The lowest BCUT2D eigenvalue weighted by Crippen LogP contribution is -2.38. The molecule has 0 amide bonds. The Labute approximate surface area is 194 Å². The summed E-state index contributed by atoms with van der Waals surface area (Å²) >= 11 is 7.60. The largest absolute Gasteiger partial charge is 0.478 e. The number of carbonyl (C=O) groups is 2. The number of carboxylic acid groups (broad SMARTS) is 2. The molecule has 170 valence electrons. The van der Waals surface area contributed by atoms with Gasteiger partial charge < -0.3 is 15.5 Å². The highest BCUT2D eigenvalue weighted by atomic mass is 35.5. The first-order valence-electron chi connectivity index (χ1n) is 9.82. The molecule has 0 radical (unpaired) electrons. The van der Waals surface area contributed by atoms with E-state index in [0.717, 1.165) is 52.8 Å². The summed E-state index contributed by atoms with van der Waals surface area (Å²) in [6.07, 6.45) is 8.69. The Morgan fingerprint density at radius 1 is 1.25 bits per heavy atom. The Morgan fingerprint density at radius 2 is 1.97 bits per heavy atom. The van der Waals surface area contributed by atoms with Crippen LogP contribution in [0.25, 0.3) is 10.2 Å². The van der Waals surface area contributed by atoms with E-state index in [-0.39, 0.29) is 1.43 Å². The number of nitrogens with zero attached hydrogens (tertiary/aromatic N) is 4. The van der Waals surface area contributed by atoms with Crippen LogP contribution in [0.2, 0.25) is 4.34 Å². The molecule has 1 saturated heterocycles. The average Bonchev–Trinajstić information content (AvgIpc) is 3.16. The number of hydrogen-bond acceptors (Lipinski definition) is 8. The summed E-state index contributed by atoms with van der Waals surface area (Å²) < 4.78 is 0.750. The first-order chi connectivity index (χ1) is 15.4. The zero-order valence-corrected chi connectivity index (χ0v) is 18.6. The lowest BCUT2D eigenvalue weighted by molar-refractivity contribution is -0.134. The van der Waals surface area contributed by atoms with Gasteiger partial charge in [0.15, 0.2) is 0 Å². The Morgan fingerprint density at radius 3 is 2.59 bits per heavy atom. The first kappa shape index (κ1) is 23.6. The zero-order valence-electron chi connectivity index (χ0n) is 17.0. The molecule has 11 heteroatoms. The minimum absolute atomic E-state index is 0. The second-order valence-corrected chi connectivity index (χ2v) is 8.72. The predicted molar refractivity (Wildman–Crippen MR) is 125 cm³/mol. The van der Waals surface area contributed by atoms with Crippen molar-refractivity contribution in [2.45, 2.75) is 25.4 Å². The number of rotatable bonds is 6. The van der Waals surface area contributed by atoms with Crippen LogP contribution >= 0.6 is 22.9 Å². The maximum Gasteiger partial charge on any atom is 0.328 e. The van der Waals surface area contributed by atoms with E-state index in [4.69, 9.17) is 21.8 Å². The smallest absolute Gasteiger partial charge is 0.328 e. The lowest BCUT2D eigenvalue weighted by atomic mass is 10.0. The topological polar surface area (TPSA) is 129 Å². The summed E-state index contributed by atoms with van der Waals surface area (Å²) in [5.74, 6) is -1.62. The van der Waals surface area contributed by atoms with E-state index in [1.807, 2.05) is 24.5 Å². The fourth-order valence-electron chi connectivity index (χ4n) is 3.26. The van der Waals surface area contributed by atoms with Crippen molar-refractivity contribution < 1.29 is 21.2 Å². The number of nitrogens with one attached hydrogen (secondary N) is 1. The van der Waals surface area contributed by atoms with Crippen molar-refractivity contribution in [3.63, 3.8) is 0 Å². The van der Waals surface area contributed by atoms with Crippen LogP contribution in [0, 0.1) is 0 Å². The number of hydrogen-bond donors (Lipinski definition) is 3. The summed E-state index contributed by atoms with van der Waals surface area (Å²) in [6, 6.07) is 6.51. The Hall–Kier alpha value is -3.08. The molecule has 3 aromatic heterocycles. The van der Waals surface area contributed by atoms with Gasteiger partial charge in [-0.05, 0) is 30.5 Å². The predicted octanol–water partition coefficient (Wildman–Crippen LogP) is 3.77. The zero-order chi connectivity index (χ0) is 22.9. The summed E-state index contributed by atoms with van der Waals surface area (Å²) in [5, 5.41) is 20.2. The highest BCUT2D eigenvalue weighted by Gasteiger charge is 2.20. The van der Waals surface area contributed by atoms with Crippen LogP contribution in [0.5, 0.6) is 0 Å². The molecule has 1 aliphatic rings. The van der Waals surface area contributed by atoms with E-state index < -0.39 is 11.9 Å². The number of piperidine rings is 1. The van der Waals surface area contributed by atoms with Crippen molar-refractivity contribution in [1.82, 2.24) is 19.9 Å². The third kappa shape index (κ3) is 7.26. The van der Waals surface area contributed by atoms with E-state index in [1.165, 1.54) is 16.9 Å². The molecule has 1 aliphatic heterocycles. The van der Waals surface area contributed by atoms with Gasteiger partial charge in [-0.15, -0.1) is 11.3 Å². The van der Waals surface area contributed by atoms with Crippen molar-refractivity contribution >= 4 is 50.9 Å². The monoisotopic (exact) mass is 477 g/mol. The second-order valence-electron chi connectivity index (χ2n) is 7.06. The van der Waals surface area contributed by atoms with Gasteiger partial charge in [0.05, 0.1) is 9.72 Å². The molecule has 9 nitrogen and oxygen atoms in total. The molecule has 0 spiro atoms. The van der Waals surface area contributed by atoms with E-state index >= 15 is 0 Å². The van der Waals surface area contributed by atoms with Crippen LogP contribution in [0.1, 0.15) is 19.8 Å². The fraction of sp³-hybridized carbons (Fsp3) is 0.286. The molecule has 0 saturated carbocycles. The Kier molecular flexibility index (Phi) is 8.48. The van der Waals surface area contributed by atoms with E-state index in [1.54, 1.807) is 6.33 Å². The molecular weight excluding hydrogens is 454 g/mol. The van der Waals surface area contributed by atoms with Gasteiger partial charge in [0, 0.05) is 51.6 Å². The van der Waals surface area contributed by atoms with E-state index in [0.29, 0.717) is 18.2 Å². The van der Waals surface area contributed by atoms with Crippen molar-refractivity contribution in [3.8, 4) is 0 Å². The number of aromatic nitrogens is 3. The standard InChI is InChI=1S/C17H18ClN5S.C4H4O4.H2/c18-15-8-14-16(20-11-21-17(14)24-15)22-13-3-6-23(7-4-13)10-12-2-1-5-19-9-12;5-3(6)1-2-4(7)8;/h1-2,5,8-9,11,13H,3-4,6-7,10H2,(H,20,21,22);1-2H,(H,5,6)(H,7,8);1H/b;2-1-;. The van der Waals surface area contributed by atoms with Gasteiger partial charge in [0.1, 0.15) is 17.0 Å². The quantitative estimate of drug-likeness (QED) is 0.454. The molecule has 4 heterocycles. The molecule has 0 aliphatic carbocycles. The van der Waals surface area contributed by atoms with Gasteiger partial charge in [-0.25, -0.2) is 19.6 Å². The van der Waals surface area contributed by atoms with E-state index in [2.05, 4.69) is 31.2 Å². The minimum atomic E-state index is -1.26. The highest BCUT2D eigenvalue weighted by Crippen LogP contribution is 2.32. The van der Waals surface area contributed by atoms with Crippen molar-refractivity contribution in [2.75, 3.05) is 18.4 Å². The Balaban J connectivity index is 0.000000372. The molecule has 1 fully saturated rings. The normalized spacial score (nSPS) is 14.8. The Bertz CT molecular complexity index is 1070. The number of pyridine rings is 1. The van der Waals surface area contributed by atoms with Crippen molar-refractivity contribution in [2.24, 2.45) is 0 Å². The molecular formula is C21H24ClN5O4S. The van der Waals surface area contributed by atoms with Gasteiger partial charge >= 0.3 is 11.9 Å². The maximum absolute atomic E-state index is 9.55. The third-order valence-electron chi connectivity index (χ3n) is 4.73. The number of likely N-dealkylation sites (tertiary alicyclic amines) is 1. The molecule has 0 bridgehead atoms. The van der Waals surface area contributed by atoms with Gasteiger partial charge in [-0.1, -0.05) is 17.7 Å². The third-order valence-corrected chi connectivity index (χ3v) is 5.90. The molecule has 3 N–H and O–H groups in total. The van der Waals surface area contributed by atoms with Crippen molar-refractivity contribution in [3.05, 3.63) is 59.0 Å². The van der Waals surface area contributed by atoms with Crippen LogP contribution in [-0.4, -0.2) is 61.1 Å². The van der Waals surface area contributed by atoms with Gasteiger partial charge in [0.25, 0.3) is 0 Å². The number of carboxylic acids is 2. The number of halogens is 1.